The fourth-order valence-electron chi connectivity index (χ4n) is 1.77. The van der Waals surface area contributed by atoms with Crippen LogP contribution in [0.2, 0.25) is 0 Å². The molecule has 5 nitrogen and oxygen atoms in total. The maximum atomic E-state index is 11.7. The zero-order chi connectivity index (χ0) is 14.3. The number of likely N-dealkylation sites (N-methyl/N-ethyl adjacent to an activating group) is 1. The molecule has 1 atom stereocenters. The first-order chi connectivity index (χ1) is 8.99. The monoisotopic (exact) mass is 264 g/mol. The minimum Gasteiger partial charge on any atom is -0.481 e. The van der Waals surface area contributed by atoms with Crippen molar-refractivity contribution in [2.24, 2.45) is 0 Å². The van der Waals surface area contributed by atoms with Gasteiger partial charge in [-0.05, 0) is 19.7 Å². The van der Waals surface area contributed by atoms with E-state index in [0.29, 0.717) is 6.54 Å². The van der Waals surface area contributed by atoms with Crippen molar-refractivity contribution in [2.45, 2.75) is 18.9 Å². The quantitative estimate of drug-likeness (QED) is 0.778. The molecule has 5 heteroatoms. The number of carboxylic acid groups (broad SMARTS) is 1. The third-order valence-electron chi connectivity index (χ3n) is 2.65. The number of carbonyl (C=O) groups excluding carboxylic acids is 1. The van der Waals surface area contributed by atoms with E-state index in [1.807, 2.05) is 49.3 Å². The van der Waals surface area contributed by atoms with E-state index in [-0.39, 0.29) is 24.8 Å². The molecule has 0 aliphatic carbocycles. The van der Waals surface area contributed by atoms with Crippen LogP contribution in [-0.2, 0) is 9.59 Å². The normalized spacial score (nSPS) is 12.2. The smallest absolute Gasteiger partial charge is 0.303 e. The molecule has 0 aliphatic rings. The molecule has 0 heterocycles. The average molecular weight is 264 g/mol. The van der Waals surface area contributed by atoms with Crippen molar-refractivity contribution in [3.63, 3.8) is 0 Å². The Labute approximate surface area is 113 Å². The summed E-state index contributed by atoms with van der Waals surface area (Å²) in [6.07, 6.45) is -0.137. The Balaban J connectivity index is 2.65. The van der Waals surface area contributed by atoms with E-state index < -0.39 is 5.97 Å². The highest BCUT2D eigenvalue weighted by Crippen LogP contribution is 2.13. The maximum Gasteiger partial charge on any atom is 0.303 e. The van der Waals surface area contributed by atoms with Gasteiger partial charge in [-0.3, -0.25) is 9.59 Å². The number of nitrogens with one attached hydrogen (secondary N) is 1. The van der Waals surface area contributed by atoms with Gasteiger partial charge in [-0.25, -0.2) is 0 Å². The number of carbonyl (C=O) groups is 2. The predicted octanol–water partition coefficient (Wildman–Crippen LogP) is 1.27. The summed E-state index contributed by atoms with van der Waals surface area (Å²) in [6, 6.07) is 9.53. The van der Waals surface area contributed by atoms with Crippen molar-refractivity contribution in [1.82, 2.24) is 10.2 Å². The molecular weight excluding hydrogens is 244 g/mol. The van der Waals surface area contributed by atoms with E-state index in [2.05, 4.69) is 5.32 Å². The van der Waals surface area contributed by atoms with Crippen LogP contribution in [0.25, 0.3) is 0 Å². The van der Waals surface area contributed by atoms with Gasteiger partial charge in [0.1, 0.15) is 0 Å². The Morgan fingerprint density at radius 2 is 1.84 bits per heavy atom. The third-order valence-corrected chi connectivity index (χ3v) is 2.65. The van der Waals surface area contributed by atoms with Gasteiger partial charge in [-0.15, -0.1) is 0 Å². The van der Waals surface area contributed by atoms with Gasteiger partial charge in [0.25, 0.3) is 0 Å². The fourth-order valence-corrected chi connectivity index (χ4v) is 1.77. The number of hydrogen-bond donors (Lipinski definition) is 2. The number of carboxylic acids is 1. The molecule has 0 aromatic heterocycles. The highest BCUT2D eigenvalue weighted by molar-refractivity contribution is 5.80. The van der Waals surface area contributed by atoms with Crippen molar-refractivity contribution in [3.05, 3.63) is 35.9 Å². The van der Waals surface area contributed by atoms with Gasteiger partial charge in [0.15, 0.2) is 0 Å². The van der Waals surface area contributed by atoms with Crippen molar-refractivity contribution >= 4 is 11.9 Å². The Morgan fingerprint density at radius 3 is 2.37 bits per heavy atom. The first kappa shape index (κ1) is 15.2. The topological polar surface area (TPSA) is 69.6 Å². The molecule has 1 rings (SSSR count). The standard InChI is InChI=1S/C14H20N2O3/c1-16(2)10-12(11-6-4-3-5-7-11)15-13(17)8-9-14(18)19/h3-7,12H,8-10H2,1-2H3,(H,15,17)(H,18,19). The molecule has 1 aromatic rings. The lowest BCUT2D eigenvalue weighted by Gasteiger charge is -2.22. The molecule has 2 N–H and O–H groups in total. The third kappa shape index (κ3) is 6.01. The summed E-state index contributed by atoms with van der Waals surface area (Å²) in [7, 11) is 3.86. The molecule has 1 aromatic carbocycles. The van der Waals surface area contributed by atoms with E-state index >= 15 is 0 Å². The van der Waals surface area contributed by atoms with Crippen molar-refractivity contribution in [3.8, 4) is 0 Å². The highest BCUT2D eigenvalue weighted by Gasteiger charge is 2.15. The van der Waals surface area contributed by atoms with Gasteiger partial charge >= 0.3 is 5.97 Å². The van der Waals surface area contributed by atoms with Gasteiger partial charge in [-0.2, -0.15) is 0 Å². The molecule has 0 radical (unpaired) electrons. The molecule has 0 bridgehead atoms. The van der Waals surface area contributed by atoms with Crippen LogP contribution in [0.1, 0.15) is 24.4 Å². The molecule has 1 amide bonds. The van der Waals surface area contributed by atoms with E-state index in [0.717, 1.165) is 5.56 Å². The second kappa shape index (κ2) is 7.53. The van der Waals surface area contributed by atoms with Gasteiger partial charge in [-0.1, -0.05) is 30.3 Å². The minimum atomic E-state index is -0.959. The molecule has 0 aliphatic heterocycles. The lowest BCUT2D eigenvalue weighted by molar-refractivity contribution is -0.138. The summed E-state index contributed by atoms with van der Waals surface area (Å²) in [4.78, 5) is 24.2. The lowest BCUT2D eigenvalue weighted by atomic mass is 10.1. The highest BCUT2D eigenvalue weighted by atomic mass is 16.4. The number of hydrogen-bond acceptors (Lipinski definition) is 3. The first-order valence-corrected chi connectivity index (χ1v) is 6.20. The van der Waals surface area contributed by atoms with E-state index in [1.165, 1.54) is 0 Å². The summed E-state index contributed by atoms with van der Waals surface area (Å²) in [5.74, 6) is -1.20. The second-order valence-electron chi connectivity index (χ2n) is 4.69. The van der Waals surface area contributed by atoms with E-state index in [1.54, 1.807) is 0 Å². The Kier molecular flexibility index (Phi) is 6.02. The molecule has 19 heavy (non-hydrogen) atoms. The lowest BCUT2D eigenvalue weighted by Crippen LogP contribution is -2.35. The molecule has 0 saturated carbocycles. The summed E-state index contributed by atoms with van der Waals surface area (Å²) in [5.41, 5.74) is 1.01. The zero-order valence-electron chi connectivity index (χ0n) is 11.3. The van der Waals surface area contributed by atoms with Crippen LogP contribution in [0, 0.1) is 0 Å². The molecule has 0 fully saturated rings. The van der Waals surface area contributed by atoms with Crippen LogP contribution in [0.4, 0.5) is 0 Å². The van der Waals surface area contributed by atoms with Crippen LogP contribution in [-0.4, -0.2) is 42.5 Å². The molecule has 0 spiro atoms. The number of benzene rings is 1. The van der Waals surface area contributed by atoms with E-state index in [4.69, 9.17) is 5.11 Å². The second-order valence-corrected chi connectivity index (χ2v) is 4.69. The summed E-state index contributed by atoms with van der Waals surface area (Å²) in [6.45, 7) is 0.669. The minimum absolute atomic E-state index is 0.00605. The summed E-state index contributed by atoms with van der Waals surface area (Å²) >= 11 is 0. The number of aliphatic carboxylic acids is 1. The van der Waals surface area contributed by atoms with Crippen molar-refractivity contribution in [1.29, 1.82) is 0 Å². The zero-order valence-corrected chi connectivity index (χ0v) is 11.3. The summed E-state index contributed by atoms with van der Waals surface area (Å²) in [5, 5.41) is 11.4. The van der Waals surface area contributed by atoms with Crippen molar-refractivity contribution in [2.75, 3.05) is 20.6 Å². The number of nitrogens with zero attached hydrogens (tertiary/aromatic N) is 1. The molecular formula is C14H20N2O3. The molecule has 1 unspecified atom stereocenters. The average Bonchev–Trinajstić information content (AvgIpc) is 2.36. The number of amides is 1. The van der Waals surface area contributed by atoms with Crippen LogP contribution in [0.3, 0.4) is 0 Å². The van der Waals surface area contributed by atoms with Gasteiger partial charge in [0.05, 0.1) is 12.5 Å². The largest absolute Gasteiger partial charge is 0.481 e. The van der Waals surface area contributed by atoms with Crippen LogP contribution in [0.5, 0.6) is 0 Å². The van der Waals surface area contributed by atoms with E-state index in [9.17, 15) is 9.59 Å². The molecule has 104 valence electrons. The number of rotatable bonds is 7. The molecule has 0 saturated heterocycles. The van der Waals surface area contributed by atoms with Crippen LogP contribution in [0.15, 0.2) is 30.3 Å². The Bertz CT molecular complexity index is 418. The first-order valence-electron chi connectivity index (χ1n) is 6.20. The predicted molar refractivity (Wildman–Crippen MR) is 72.7 cm³/mol. The Hall–Kier alpha value is -1.88. The summed E-state index contributed by atoms with van der Waals surface area (Å²) < 4.78 is 0. The van der Waals surface area contributed by atoms with Gasteiger partial charge in [0, 0.05) is 13.0 Å². The Morgan fingerprint density at radius 1 is 1.21 bits per heavy atom. The SMILES string of the molecule is CN(C)CC(NC(=O)CCC(=O)O)c1ccccc1. The maximum absolute atomic E-state index is 11.7. The van der Waals surface area contributed by atoms with Crippen molar-refractivity contribution < 1.29 is 14.7 Å². The van der Waals surface area contributed by atoms with Crippen LogP contribution < -0.4 is 5.32 Å². The fraction of sp³-hybridized carbons (Fsp3) is 0.429. The van der Waals surface area contributed by atoms with Gasteiger partial charge < -0.3 is 15.3 Å². The van der Waals surface area contributed by atoms with Crippen LogP contribution >= 0.6 is 0 Å². The van der Waals surface area contributed by atoms with Gasteiger partial charge in [0.2, 0.25) is 5.91 Å².